The predicted molar refractivity (Wildman–Crippen MR) is 130 cm³/mol. The number of nitrogens with two attached hydrogens (primary N) is 1. The van der Waals surface area contributed by atoms with E-state index in [0.29, 0.717) is 42.4 Å². The summed E-state index contributed by atoms with van der Waals surface area (Å²) in [4.78, 5) is 22.3. The number of hydrazine groups is 2. The summed E-state index contributed by atoms with van der Waals surface area (Å²) in [5, 5.41) is 16.6. The summed E-state index contributed by atoms with van der Waals surface area (Å²) in [6.45, 7) is 5.24. The van der Waals surface area contributed by atoms with E-state index in [4.69, 9.17) is 20.8 Å². The van der Waals surface area contributed by atoms with Gasteiger partial charge in [-0.05, 0) is 25.0 Å². The first-order valence-electron chi connectivity index (χ1n) is 10.9. The Hall–Kier alpha value is -3.34. The van der Waals surface area contributed by atoms with E-state index in [1.807, 2.05) is 44.2 Å². The molecule has 1 aromatic heterocycles. The monoisotopic (exact) mass is 457 g/mol. The van der Waals surface area contributed by atoms with Crippen LogP contribution < -0.4 is 16.7 Å². The van der Waals surface area contributed by atoms with Gasteiger partial charge in [0.2, 0.25) is 5.91 Å². The molecule has 0 saturated heterocycles. The fraction of sp³-hybridized carbons (Fsp3) is 0.391. The number of ether oxygens (including phenoxy) is 1. The molecule has 10 nitrogen and oxygen atoms in total. The number of amidine groups is 1. The molecule has 0 aliphatic heterocycles. The SMILES string of the molecule is CCOCC(CC)CC(=O)Nc1cccc(CO/N=C(\C(=N)N(C)NN)c2ccccc2)n1.[HH]. The number of anilines is 1. The van der Waals surface area contributed by atoms with Crippen molar-refractivity contribution in [1.82, 2.24) is 15.5 Å². The Labute approximate surface area is 196 Å². The van der Waals surface area contributed by atoms with Gasteiger partial charge in [0.1, 0.15) is 5.82 Å². The van der Waals surface area contributed by atoms with Crippen LogP contribution in [-0.4, -0.2) is 47.7 Å². The van der Waals surface area contributed by atoms with E-state index in [1.165, 1.54) is 5.01 Å². The summed E-state index contributed by atoms with van der Waals surface area (Å²) >= 11 is 0. The normalized spacial score (nSPS) is 12.2. The highest BCUT2D eigenvalue weighted by molar-refractivity contribution is 6.46. The molecule has 33 heavy (non-hydrogen) atoms. The topological polar surface area (TPSA) is 138 Å². The average molecular weight is 458 g/mol. The van der Waals surface area contributed by atoms with Crippen LogP contribution in [0.15, 0.2) is 53.7 Å². The van der Waals surface area contributed by atoms with Crippen LogP contribution in [0.3, 0.4) is 0 Å². The number of likely N-dealkylation sites (N-methyl/N-ethyl adjacent to an activating group) is 1. The molecule has 0 fully saturated rings. The van der Waals surface area contributed by atoms with Crippen molar-refractivity contribution in [2.45, 2.75) is 33.3 Å². The first-order valence-corrected chi connectivity index (χ1v) is 10.9. The molecule has 0 aliphatic carbocycles. The van der Waals surface area contributed by atoms with Crippen molar-refractivity contribution < 1.29 is 15.8 Å². The Balaban J connectivity index is 0.00000578. The summed E-state index contributed by atoms with van der Waals surface area (Å²) in [7, 11) is 1.60. The van der Waals surface area contributed by atoms with Crippen LogP contribution >= 0.6 is 0 Å². The number of hydrogen-bond acceptors (Lipinski definition) is 8. The van der Waals surface area contributed by atoms with Crippen molar-refractivity contribution in [3.8, 4) is 0 Å². The summed E-state index contributed by atoms with van der Waals surface area (Å²) in [5.41, 5.74) is 3.99. The summed E-state index contributed by atoms with van der Waals surface area (Å²) in [6.07, 6.45) is 1.23. The second-order valence-electron chi connectivity index (χ2n) is 7.32. The van der Waals surface area contributed by atoms with Crippen LogP contribution in [0.4, 0.5) is 5.82 Å². The number of benzene rings is 1. The molecular formula is C23H35N7O3. The number of rotatable bonds is 13. The molecule has 1 amide bonds. The van der Waals surface area contributed by atoms with Crippen LogP contribution in [-0.2, 0) is 21.0 Å². The maximum absolute atomic E-state index is 12.4. The van der Waals surface area contributed by atoms with E-state index in [1.54, 1.807) is 25.2 Å². The number of aromatic nitrogens is 1. The maximum Gasteiger partial charge on any atom is 0.225 e. The third-order valence-electron chi connectivity index (χ3n) is 4.85. The number of oxime groups is 1. The zero-order chi connectivity index (χ0) is 24.1. The molecule has 0 spiro atoms. The predicted octanol–water partition coefficient (Wildman–Crippen LogP) is 2.93. The zero-order valence-corrected chi connectivity index (χ0v) is 19.4. The molecule has 2 rings (SSSR count). The lowest BCUT2D eigenvalue weighted by atomic mass is 10.0. The van der Waals surface area contributed by atoms with Gasteiger partial charge in [-0.3, -0.25) is 21.1 Å². The smallest absolute Gasteiger partial charge is 0.225 e. The Morgan fingerprint density at radius 3 is 2.67 bits per heavy atom. The standard InChI is InChI=1S/C23H33N7O3.H2/c1-4-17(15-32-5-2)14-21(31)27-20-13-9-12-19(26-20)16-33-28-22(23(24)30(3)29-25)18-10-7-6-8-11-18;/h6-13,17,24,29H,4-5,14-16,25H2,1-3H3,(H,26,27,31);1H/b24-23?,28-22-;. The highest BCUT2D eigenvalue weighted by Gasteiger charge is 2.16. The lowest BCUT2D eigenvalue weighted by Gasteiger charge is -2.18. The Bertz CT molecular complexity index is 928. The third-order valence-corrected chi connectivity index (χ3v) is 4.85. The van der Waals surface area contributed by atoms with Crippen molar-refractivity contribution in [2.24, 2.45) is 16.9 Å². The van der Waals surface area contributed by atoms with Crippen molar-refractivity contribution >= 4 is 23.3 Å². The van der Waals surface area contributed by atoms with Gasteiger partial charge >= 0.3 is 0 Å². The lowest BCUT2D eigenvalue weighted by molar-refractivity contribution is -0.117. The van der Waals surface area contributed by atoms with Gasteiger partial charge in [-0.25, -0.2) is 4.98 Å². The summed E-state index contributed by atoms with van der Waals surface area (Å²) < 4.78 is 5.44. The summed E-state index contributed by atoms with van der Waals surface area (Å²) in [6, 6.07) is 14.5. The quantitative estimate of drug-likeness (QED) is 0.157. The number of carbonyl (C=O) groups is 1. The Morgan fingerprint density at radius 1 is 1.24 bits per heavy atom. The molecule has 0 bridgehead atoms. The van der Waals surface area contributed by atoms with E-state index in [0.717, 1.165) is 6.42 Å². The van der Waals surface area contributed by atoms with Crippen LogP contribution in [0.5, 0.6) is 0 Å². The zero-order valence-electron chi connectivity index (χ0n) is 19.4. The molecule has 180 valence electrons. The van der Waals surface area contributed by atoms with E-state index >= 15 is 0 Å². The fourth-order valence-electron chi connectivity index (χ4n) is 2.91. The minimum Gasteiger partial charge on any atom is -0.389 e. The highest BCUT2D eigenvalue weighted by Crippen LogP contribution is 2.12. The lowest BCUT2D eigenvalue weighted by Crippen LogP contribution is -2.46. The highest BCUT2D eigenvalue weighted by atomic mass is 16.6. The van der Waals surface area contributed by atoms with Gasteiger partial charge in [0.25, 0.3) is 0 Å². The van der Waals surface area contributed by atoms with Gasteiger partial charge in [0.15, 0.2) is 18.2 Å². The Morgan fingerprint density at radius 2 is 2.00 bits per heavy atom. The number of pyridine rings is 1. The van der Waals surface area contributed by atoms with Gasteiger partial charge in [-0.15, -0.1) is 0 Å². The van der Waals surface area contributed by atoms with Gasteiger partial charge in [-0.1, -0.05) is 54.9 Å². The van der Waals surface area contributed by atoms with E-state index in [9.17, 15) is 4.79 Å². The van der Waals surface area contributed by atoms with E-state index < -0.39 is 0 Å². The van der Waals surface area contributed by atoms with Crippen molar-refractivity contribution in [3.05, 3.63) is 59.8 Å². The second-order valence-corrected chi connectivity index (χ2v) is 7.32. The van der Waals surface area contributed by atoms with E-state index in [-0.39, 0.29) is 25.7 Å². The molecule has 0 radical (unpaired) electrons. The molecule has 0 aliphatic rings. The molecule has 1 atom stereocenters. The third kappa shape index (κ3) is 8.60. The molecule has 1 heterocycles. The van der Waals surface area contributed by atoms with Gasteiger partial charge in [-0.2, -0.15) is 5.53 Å². The number of nitrogens with zero attached hydrogens (tertiary/aromatic N) is 3. The van der Waals surface area contributed by atoms with Gasteiger partial charge in [0.05, 0.1) is 5.69 Å². The fourth-order valence-corrected chi connectivity index (χ4v) is 2.91. The van der Waals surface area contributed by atoms with E-state index in [2.05, 4.69) is 21.0 Å². The van der Waals surface area contributed by atoms with Crippen LogP contribution in [0.2, 0.25) is 0 Å². The van der Waals surface area contributed by atoms with Crippen molar-refractivity contribution in [3.63, 3.8) is 0 Å². The van der Waals surface area contributed by atoms with Crippen LogP contribution in [0, 0.1) is 11.3 Å². The Kier molecular flexibility index (Phi) is 10.9. The molecule has 1 unspecified atom stereocenters. The van der Waals surface area contributed by atoms with Gasteiger partial charge in [0, 0.05) is 33.7 Å². The number of amides is 1. The minimum absolute atomic E-state index is 0. The number of nitrogens with one attached hydrogen (secondary N) is 3. The average Bonchev–Trinajstić information content (AvgIpc) is 2.84. The second kappa shape index (κ2) is 13.9. The number of hydrogen-bond donors (Lipinski definition) is 4. The first kappa shape index (κ1) is 25.9. The van der Waals surface area contributed by atoms with Crippen molar-refractivity contribution in [2.75, 3.05) is 25.6 Å². The number of carbonyl (C=O) groups excluding carboxylic acids is 1. The largest absolute Gasteiger partial charge is 0.389 e. The minimum atomic E-state index is -0.109. The molecular weight excluding hydrogens is 422 g/mol. The summed E-state index contributed by atoms with van der Waals surface area (Å²) in [5.74, 6) is 5.95. The van der Waals surface area contributed by atoms with Crippen molar-refractivity contribution in [1.29, 1.82) is 5.41 Å². The molecule has 5 N–H and O–H groups in total. The molecule has 1 aromatic carbocycles. The van der Waals surface area contributed by atoms with Gasteiger partial charge < -0.3 is 14.9 Å². The first-order chi connectivity index (χ1) is 16.0. The molecule has 2 aromatic rings. The molecule has 0 saturated carbocycles. The maximum atomic E-state index is 12.4. The van der Waals surface area contributed by atoms with Crippen LogP contribution in [0.25, 0.3) is 0 Å². The molecule has 10 heteroatoms. The van der Waals surface area contributed by atoms with Crippen LogP contribution in [0.1, 0.15) is 39.4 Å².